The van der Waals surface area contributed by atoms with Crippen LogP contribution in [-0.2, 0) is 0 Å². The van der Waals surface area contributed by atoms with Crippen LogP contribution < -0.4 is 5.32 Å². The van der Waals surface area contributed by atoms with Gasteiger partial charge in [0.1, 0.15) is 0 Å². The molecule has 0 heterocycles. The number of aliphatic hydroxyl groups excluding tert-OH is 2. The van der Waals surface area contributed by atoms with Gasteiger partial charge in [0.25, 0.3) is 5.91 Å². The molecule has 100 valence electrons. The number of hydrogen-bond acceptors (Lipinski definition) is 4. The van der Waals surface area contributed by atoms with Gasteiger partial charge in [-0.15, -0.1) is 0 Å². The first-order valence-corrected chi connectivity index (χ1v) is 6.00. The van der Waals surface area contributed by atoms with Gasteiger partial charge in [0.2, 0.25) is 0 Å². The van der Waals surface area contributed by atoms with Crippen molar-refractivity contribution in [3.8, 4) is 0 Å². The molecule has 1 amide bonds. The summed E-state index contributed by atoms with van der Waals surface area (Å²) in [5.74, 6) is -0.273. The van der Waals surface area contributed by atoms with Gasteiger partial charge >= 0.3 is 0 Å². The highest BCUT2D eigenvalue weighted by atomic mass is 35.5. The van der Waals surface area contributed by atoms with Crippen molar-refractivity contribution in [2.24, 2.45) is 0 Å². The Bertz CT molecular complexity index is 406. The van der Waals surface area contributed by atoms with E-state index in [4.69, 9.17) is 21.8 Å². The number of rotatable bonds is 6. The Morgan fingerprint density at radius 2 is 1.94 bits per heavy atom. The predicted molar refractivity (Wildman–Crippen MR) is 71.1 cm³/mol. The van der Waals surface area contributed by atoms with E-state index in [0.29, 0.717) is 16.3 Å². The van der Waals surface area contributed by atoms with E-state index in [1.807, 2.05) is 0 Å². The average Bonchev–Trinajstić information content (AvgIpc) is 2.37. The van der Waals surface area contributed by atoms with E-state index in [1.165, 1.54) is 4.90 Å². The third-order valence-electron chi connectivity index (χ3n) is 2.51. The van der Waals surface area contributed by atoms with Crippen LogP contribution in [0.25, 0.3) is 0 Å². The van der Waals surface area contributed by atoms with Crippen LogP contribution in [0.1, 0.15) is 10.4 Å². The van der Waals surface area contributed by atoms with E-state index in [9.17, 15) is 4.79 Å². The number of nitrogens with zero attached hydrogens (tertiary/aromatic N) is 1. The Kier molecular flexibility index (Phi) is 5.91. The zero-order chi connectivity index (χ0) is 13.5. The monoisotopic (exact) mass is 272 g/mol. The number of amides is 1. The fraction of sp³-hybridized carbons (Fsp3) is 0.417. The second kappa shape index (κ2) is 7.20. The van der Waals surface area contributed by atoms with Crippen molar-refractivity contribution in [1.82, 2.24) is 4.90 Å². The zero-order valence-electron chi connectivity index (χ0n) is 10.2. The van der Waals surface area contributed by atoms with E-state index in [1.54, 1.807) is 25.2 Å². The van der Waals surface area contributed by atoms with Crippen LogP contribution in [0.4, 0.5) is 5.69 Å². The van der Waals surface area contributed by atoms with Crippen LogP contribution >= 0.6 is 11.6 Å². The Hall–Kier alpha value is -1.30. The van der Waals surface area contributed by atoms with Crippen molar-refractivity contribution in [3.05, 3.63) is 28.8 Å². The second-order valence-electron chi connectivity index (χ2n) is 3.68. The maximum absolute atomic E-state index is 12.3. The van der Waals surface area contributed by atoms with Gasteiger partial charge in [-0.25, -0.2) is 0 Å². The van der Waals surface area contributed by atoms with Crippen molar-refractivity contribution >= 4 is 23.2 Å². The molecule has 18 heavy (non-hydrogen) atoms. The molecule has 0 aromatic heterocycles. The van der Waals surface area contributed by atoms with Gasteiger partial charge in [0.15, 0.2) is 0 Å². The number of benzene rings is 1. The normalized spacial score (nSPS) is 10.2. The number of nitrogens with one attached hydrogen (secondary N) is 1. The molecule has 0 fully saturated rings. The lowest BCUT2D eigenvalue weighted by Crippen LogP contribution is -2.36. The number of halogens is 1. The number of hydrogen-bond donors (Lipinski definition) is 3. The maximum atomic E-state index is 12.3. The van der Waals surface area contributed by atoms with Crippen LogP contribution in [0.3, 0.4) is 0 Å². The topological polar surface area (TPSA) is 72.8 Å². The largest absolute Gasteiger partial charge is 0.395 e. The summed E-state index contributed by atoms with van der Waals surface area (Å²) in [5.41, 5.74) is 1.08. The summed E-state index contributed by atoms with van der Waals surface area (Å²) in [6.45, 7) is 0.0481. The highest BCUT2D eigenvalue weighted by Crippen LogP contribution is 2.21. The summed E-state index contributed by atoms with van der Waals surface area (Å²) in [5, 5.41) is 21.2. The summed E-state index contributed by atoms with van der Waals surface area (Å²) in [6.07, 6.45) is 0. The highest BCUT2D eigenvalue weighted by molar-refractivity contribution is 6.31. The molecule has 0 aliphatic carbocycles. The summed E-state index contributed by atoms with van der Waals surface area (Å²) in [7, 11) is 1.71. The fourth-order valence-corrected chi connectivity index (χ4v) is 1.81. The van der Waals surface area contributed by atoms with E-state index in [-0.39, 0.29) is 32.2 Å². The lowest BCUT2D eigenvalue weighted by Gasteiger charge is -2.22. The van der Waals surface area contributed by atoms with E-state index in [2.05, 4.69) is 5.32 Å². The molecule has 0 atom stereocenters. The summed E-state index contributed by atoms with van der Waals surface area (Å²) >= 11 is 5.88. The Balaban J connectivity index is 3.02. The molecule has 0 bridgehead atoms. The standard InChI is InChI=1S/C12H17ClN2O3/c1-14-11-3-2-9(13)8-10(11)12(18)15(4-6-16)5-7-17/h2-3,8,14,16-17H,4-7H2,1H3. The molecule has 0 spiro atoms. The van der Waals surface area contributed by atoms with Crippen molar-refractivity contribution in [3.63, 3.8) is 0 Å². The predicted octanol–water partition coefficient (Wildman–Crippen LogP) is 0.808. The first-order chi connectivity index (χ1) is 8.63. The van der Waals surface area contributed by atoms with Gasteiger partial charge in [-0.3, -0.25) is 4.79 Å². The summed E-state index contributed by atoms with van der Waals surface area (Å²) < 4.78 is 0. The number of carbonyl (C=O) groups excluding carboxylic acids is 1. The van der Waals surface area contributed by atoms with Crippen LogP contribution in [0.15, 0.2) is 18.2 Å². The summed E-state index contributed by atoms with van der Waals surface area (Å²) in [6, 6.07) is 4.97. The van der Waals surface area contributed by atoms with Crippen LogP contribution in [0, 0.1) is 0 Å². The third-order valence-corrected chi connectivity index (χ3v) is 2.74. The highest BCUT2D eigenvalue weighted by Gasteiger charge is 2.18. The number of aliphatic hydroxyl groups is 2. The van der Waals surface area contributed by atoms with Gasteiger partial charge in [-0.2, -0.15) is 0 Å². The number of carbonyl (C=O) groups is 1. The van der Waals surface area contributed by atoms with Crippen LogP contribution in [-0.4, -0.2) is 54.4 Å². The lowest BCUT2D eigenvalue weighted by molar-refractivity contribution is 0.0686. The van der Waals surface area contributed by atoms with E-state index < -0.39 is 0 Å². The van der Waals surface area contributed by atoms with Crippen LogP contribution in [0.2, 0.25) is 5.02 Å². The molecular weight excluding hydrogens is 256 g/mol. The zero-order valence-corrected chi connectivity index (χ0v) is 10.9. The Morgan fingerprint density at radius 1 is 1.33 bits per heavy atom. The van der Waals surface area contributed by atoms with Gasteiger partial charge in [-0.1, -0.05) is 11.6 Å². The summed E-state index contributed by atoms with van der Waals surface area (Å²) in [4.78, 5) is 13.6. The molecule has 0 saturated heterocycles. The Labute approximate surface area is 111 Å². The number of anilines is 1. The van der Waals surface area contributed by atoms with Gasteiger partial charge in [-0.05, 0) is 18.2 Å². The molecule has 1 aromatic carbocycles. The van der Waals surface area contributed by atoms with Gasteiger partial charge in [0, 0.05) is 30.8 Å². The van der Waals surface area contributed by atoms with Gasteiger partial charge < -0.3 is 20.4 Å². The van der Waals surface area contributed by atoms with Gasteiger partial charge in [0.05, 0.1) is 18.8 Å². The quantitative estimate of drug-likeness (QED) is 0.717. The van der Waals surface area contributed by atoms with E-state index in [0.717, 1.165) is 0 Å². The molecule has 6 heteroatoms. The molecule has 0 aliphatic heterocycles. The van der Waals surface area contributed by atoms with Crippen molar-refractivity contribution < 1.29 is 15.0 Å². The first-order valence-electron chi connectivity index (χ1n) is 5.62. The van der Waals surface area contributed by atoms with E-state index >= 15 is 0 Å². The van der Waals surface area contributed by atoms with Crippen LogP contribution in [0.5, 0.6) is 0 Å². The third kappa shape index (κ3) is 3.60. The minimum absolute atomic E-state index is 0.152. The molecule has 3 N–H and O–H groups in total. The Morgan fingerprint density at radius 3 is 2.44 bits per heavy atom. The molecule has 1 aromatic rings. The smallest absolute Gasteiger partial charge is 0.256 e. The minimum atomic E-state index is -0.273. The SMILES string of the molecule is CNc1ccc(Cl)cc1C(=O)N(CCO)CCO. The molecule has 0 aliphatic rings. The van der Waals surface area contributed by atoms with Crippen molar-refractivity contribution in [1.29, 1.82) is 0 Å². The molecule has 0 saturated carbocycles. The molecule has 0 unspecified atom stereocenters. The fourth-order valence-electron chi connectivity index (χ4n) is 1.64. The average molecular weight is 273 g/mol. The molecular formula is C12H17ClN2O3. The minimum Gasteiger partial charge on any atom is -0.395 e. The molecule has 1 rings (SSSR count). The lowest BCUT2D eigenvalue weighted by atomic mass is 10.1. The maximum Gasteiger partial charge on any atom is 0.256 e. The molecule has 0 radical (unpaired) electrons. The van der Waals surface area contributed by atoms with Crippen molar-refractivity contribution in [2.75, 3.05) is 38.7 Å². The molecule has 5 nitrogen and oxygen atoms in total. The van der Waals surface area contributed by atoms with Crippen molar-refractivity contribution in [2.45, 2.75) is 0 Å². The first kappa shape index (κ1) is 14.8. The second-order valence-corrected chi connectivity index (χ2v) is 4.12.